The first-order valence-corrected chi connectivity index (χ1v) is 5.11. The van der Waals surface area contributed by atoms with Crippen molar-refractivity contribution in [1.29, 1.82) is 0 Å². The van der Waals surface area contributed by atoms with E-state index in [1.165, 1.54) is 6.20 Å². The molecule has 1 unspecified atom stereocenters. The van der Waals surface area contributed by atoms with Crippen molar-refractivity contribution >= 4 is 17.7 Å². The Balaban J connectivity index is 3.26. The zero-order valence-corrected chi connectivity index (χ0v) is 8.23. The third-order valence-corrected chi connectivity index (χ3v) is 2.48. The first kappa shape index (κ1) is 11.4. The van der Waals surface area contributed by atoms with Gasteiger partial charge in [0, 0.05) is 24.1 Å². The zero-order valence-electron chi connectivity index (χ0n) is 7.41. The molecule has 70 valence electrons. The van der Waals surface area contributed by atoms with Crippen LogP contribution in [0, 0.1) is 0 Å². The molecule has 0 aromatic heterocycles. The number of aliphatic carboxylic acids is 1. The minimum Gasteiger partial charge on any atom is -0.478 e. The SMILES string of the molecule is CSC(C)CCN/C=C/C(=O)O. The number of carboxylic acid groups (broad SMARTS) is 1. The molecule has 12 heavy (non-hydrogen) atoms. The van der Waals surface area contributed by atoms with Crippen LogP contribution in [0.1, 0.15) is 13.3 Å². The van der Waals surface area contributed by atoms with Gasteiger partial charge in [0.2, 0.25) is 0 Å². The van der Waals surface area contributed by atoms with E-state index in [0.29, 0.717) is 5.25 Å². The highest BCUT2D eigenvalue weighted by Crippen LogP contribution is 2.07. The van der Waals surface area contributed by atoms with Gasteiger partial charge in [-0.1, -0.05) is 6.92 Å². The minimum absolute atomic E-state index is 0.621. The zero-order chi connectivity index (χ0) is 9.40. The molecule has 0 aliphatic heterocycles. The van der Waals surface area contributed by atoms with Crippen LogP contribution in [0.15, 0.2) is 12.3 Å². The Kier molecular flexibility index (Phi) is 6.66. The highest BCUT2D eigenvalue weighted by molar-refractivity contribution is 7.99. The average molecular weight is 189 g/mol. The third-order valence-electron chi connectivity index (χ3n) is 1.44. The monoisotopic (exact) mass is 189 g/mol. The van der Waals surface area contributed by atoms with Gasteiger partial charge >= 0.3 is 5.97 Å². The van der Waals surface area contributed by atoms with Crippen molar-refractivity contribution in [2.45, 2.75) is 18.6 Å². The van der Waals surface area contributed by atoms with Gasteiger partial charge in [-0.3, -0.25) is 0 Å². The Morgan fingerprint density at radius 1 is 1.75 bits per heavy atom. The predicted octanol–water partition coefficient (Wildman–Crippen LogP) is 1.32. The van der Waals surface area contributed by atoms with Gasteiger partial charge in [0.05, 0.1) is 0 Å². The van der Waals surface area contributed by atoms with E-state index in [9.17, 15) is 4.79 Å². The van der Waals surface area contributed by atoms with Gasteiger partial charge in [-0.15, -0.1) is 0 Å². The number of hydrogen-bond donors (Lipinski definition) is 2. The fraction of sp³-hybridized carbons (Fsp3) is 0.625. The standard InChI is InChI=1S/C8H15NO2S/c1-7(12-2)3-5-9-6-4-8(10)11/h4,6-7,9H,3,5H2,1-2H3,(H,10,11)/b6-4+. The molecule has 0 saturated heterocycles. The van der Waals surface area contributed by atoms with Crippen LogP contribution in [-0.4, -0.2) is 29.1 Å². The molecule has 0 aromatic carbocycles. The molecule has 0 spiro atoms. The molecule has 1 atom stereocenters. The van der Waals surface area contributed by atoms with Crippen LogP contribution in [0.3, 0.4) is 0 Å². The molecular weight excluding hydrogens is 174 g/mol. The summed E-state index contributed by atoms with van der Waals surface area (Å²) >= 11 is 1.81. The van der Waals surface area contributed by atoms with Crippen LogP contribution in [-0.2, 0) is 4.79 Å². The van der Waals surface area contributed by atoms with Crippen LogP contribution in [0.2, 0.25) is 0 Å². The molecule has 2 N–H and O–H groups in total. The van der Waals surface area contributed by atoms with Crippen molar-refractivity contribution in [3.8, 4) is 0 Å². The second-order valence-electron chi connectivity index (χ2n) is 2.46. The summed E-state index contributed by atoms with van der Waals surface area (Å²) in [5, 5.41) is 11.8. The fourth-order valence-corrected chi connectivity index (χ4v) is 0.972. The van der Waals surface area contributed by atoms with Gasteiger partial charge in [0.1, 0.15) is 0 Å². The first-order valence-electron chi connectivity index (χ1n) is 3.82. The van der Waals surface area contributed by atoms with E-state index in [2.05, 4.69) is 18.5 Å². The fourth-order valence-electron chi connectivity index (χ4n) is 0.618. The van der Waals surface area contributed by atoms with Crippen molar-refractivity contribution in [2.24, 2.45) is 0 Å². The molecule has 0 fully saturated rings. The predicted molar refractivity (Wildman–Crippen MR) is 52.4 cm³/mol. The van der Waals surface area contributed by atoms with E-state index in [0.717, 1.165) is 19.0 Å². The van der Waals surface area contributed by atoms with Gasteiger partial charge in [-0.25, -0.2) is 4.79 Å². The largest absolute Gasteiger partial charge is 0.478 e. The summed E-state index contributed by atoms with van der Waals surface area (Å²) in [4.78, 5) is 10.0. The van der Waals surface area contributed by atoms with Gasteiger partial charge in [-0.05, 0) is 12.7 Å². The third kappa shape index (κ3) is 7.47. The van der Waals surface area contributed by atoms with Crippen LogP contribution in [0.4, 0.5) is 0 Å². The molecule has 3 nitrogen and oxygen atoms in total. The molecule has 0 radical (unpaired) electrons. The van der Waals surface area contributed by atoms with Gasteiger partial charge in [0.15, 0.2) is 0 Å². The molecule has 0 amide bonds. The van der Waals surface area contributed by atoms with E-state index in [1.807, 2.05) is 11.8 Å². The van der Waals surface area contributed by atoms with Crippen molar-refractivity contribution in [3.63, 3.8) is 0 Å². The van der Waals surface area contributed by atoms with E-state index in [1.54, 1.807) is 0 Å². The van der Waals surface area contributed by atoms with Crippen molar-refractivity contribution in [1.82, 2.24) is 5.32 Å². The summed E-state index contributed by atoms with van der Waals surface area (Å²) in [6.07, 6.45) is 5.68. The molecule has 0 saturated carbocycles. The molecule has 4 heteroatoms. The van der Waals surface area contributed by atoms with Crippen molar-refractivity contribution in [2.75, 3.05) is 12.8 Å². The second-order valence-corrected chi connectivity index (χ2v) is 3.74. The summed E-state index contributed by atoms with van der Waals surface area (Å²) in [5.41, 5.74) is 0. The lowest BCUT2D eigenvalue weighted by atomic mass is 10.3. The maximum absolute atomic E-state index is 10.0. The number of carboxylic acids is 1. The van der Waals surface area contributed by atoms with Gasteiger partial charge in [-0.2, -0.15) is 11.8 Å². The Labute approximate surface area is 77.2 Å². The molecule has 0 aromatic rings. The highest BCUT2D eigenvalue weighted by atomic mass is 32.2. The normalized spacial score (nSPS) is 13.2. The van der Waals surface area contributed by atoms with E-state index < -0.39 is 5.97 Å². The molecule has 0 aliphatic rings. The van der Waals surface area contributed by atoms with Gasteiger partial charge in [0.25, 0.3) is 0 Å². The molecule has 0 bridgehead atoms. The number of rotatable bonds is 6. The summed E-state index contributed by atoms with van der Waals surface area (Å²) in [5.74, 6) is -0.916. The highest BCUT2D eigenvalue weighted by Gasteiger charge is 1.96. The minimum atomic E-state index is -0.916. The Hall–Kier alpha value is -0.640. The van der Waals surface area contributed by atoms with Crippen LogP contribution < -0.4 is 5.32 Å². The second kappa shape index (κ2) is 7.03. The van der Waals surface area contributed by atoms with Crippen LogP contribution >= 0.6 is 11.8 Å². The quantitative estimate of drug-likeness (QED) is 0.488. The summed E-state index contributed by atoms with van der Waals surface area (Å²) < 4.78 is 0. The maximum atomic E-state index is 10.0. The van der Waals surface area contributed by atoms with E-state index in [4.69, 9.17) is 5.11 Å². The van der Waals surface area contributed by atoms with Crippen LogP contribution in [0.5, 0.6) is 0 Å². The lowest BCUT2D eigenvalue weighted by Gasteiger charge is -2.06. The number of thioether (sulfide) groups is 1. The molecule has 0 aliphatic carbocycles. The molecule has 0 rings (SSSR count). The summed E-state index contributed by atoms with van der Waals surface area (Å²) in [6, 6.07) is 0. The Bertz CT molecular complexity index is 159. The topological polar surface area (TPSA) is 49.3 Å². The summed E-state index contributed by atoms with van der Waals surface area (Å²) in [7, 11) is 0. The first-order chi connectivity index (χ1) is 5.66. The number of nitrogens with one attached hydrogen (secondary N) is 1. The Morgan fingerprint density at radius 2 is 2.42 bits per heavy atom. The molecular formula is C8H15NO2S. The van der Waals surface area contributed by atoms with Crippen LogP contribution in [0.25, 0.3) is 0 Å². The lowest BCUT2D eigenvalue weighted by molar-refractivity contribution is -0.131. The summed E-state index contributed by atoms with van der Waals surface area (Å²) in [6.45, 7) is 2.97. The molecule has 0 heterocycles. The van der Waals surface area contributed by atoms with E-state index >= 15 is 0 Å². The maximum Gasteiger partial charge on any atom is 0.329 e. The van der Waals surface area contributed by atoms with Crippen molar-refractivity contribution in [3.05, 3.63) is 12.3 Å². The van der Waals surface area contributed by atoms with E-state index in [-0.39, 0.29) is 0 Å². The lowest BCUT2D eigenvalue weighted by Crippen LogP contribution is -2.12. The Morgan fingerprint density at radius 3 is 2.92 bits per heavy atom. The average Bonchev–Trinajstić information content (AvgIpc) is 2.03. The van der Waals surface area contributed by atoms with Gasteiger partial charge < -0.3 is 10.4 Å². The smallest absolute Gasteiger partial charge is 0.329 e. The van der Waals surface area contributed by atoms with Crippen molar-refractivity contribution < 1.29 is 9.90 Å². The number of carbonyl (C=O) groups is 1. The number of hydrogen-bond acceptors (Lipinski definition) is 3.